The van der Waals surface area contributed by atoms with E-state index in [0.717, 1.165) is 6.42 Å². The van der Waals surface area contributed by atoms with Crippen LogP contribution in [0.5, 0.6) is 0 Å². The Kier molecular flexibility index (Phi) is 12.1. The van der Waals surface area contributed by atoms with Crippen LogP contribution in [0.4, 0.5) is 0 Å². The molecule has 0 aromatic rings. The quantitative estimate of drug-likeness (QED) is 0.0573. The molecule has 7 aliphatic rings. The molecular formula is C38H58O19. The highest BCUT2D eigenvalue weighted by molar-refractivity contribution is 5.79. The van der Waals surface area contributed by atoms with E-state index in [1.165, 1.54) is 0 Å². The van der Waals surface area contributed by atoms with Gasteiger partial charge in [-0.2, -0.15) is 0 Å². The van der Waals surface area contributed by atoms with Gasteiger partial charge >= 0.3 is 5.97 Å². The monoisotopic (exact) mass is 818 g/mol. The maximum Gasteiger partial charge on any atom is 0.314 e. The number of allylic oxidation sites excluding steroid dienone is 1. The van der Waals surface area contributed by atoms with Gasteiger partial charge in [-0.1, -0.05) is 19.4 Å². The highest BCUT2D eigenvalue weighted by atomic mass is 16.8. The van der Waals surface area contributed by atoms with E-state index in [-0.39, 0.29) is 18.3 Å². The van der Waals surface area contributed by atoms with Gasteiger partial charge in [0.2, 0.25) is 6.29 Å². The van der Waals surface area contributed by atoms with Gasteiger partial charge in [0, 0.05) is 5.57 Å². The Morgan fingerprint density at radius 1 is 0.702 bits per heavy atom. The molecule has 19 heteroatoms. The largest absolute Gasteiger partial charge is 0.432 e. The van der Waals surface area contributed by atoms with Gasteiger partial charge in [-0.25, -0.2) is 0 Å². The molecule has 2 bridgehead atoms. The predicted octanol–water partition coefficient (Wildman–Crippen LogP) is -3.76. The predicted molar refractivity (Wildman–Crippen MR) is 187 cm³/mol. The van der Waals surface area contributed by atoms with Crippen LogP contribution in [0.15, 0.2) is 11.6 Å². The summed E-state index contributed by atoms with van der Waals surface area (Å²) in [5.74, 6) is -0.903. The molecule has 0 aromatic heterocycles. The summed E-state index contributed by atoms with van der Waals surface area (Å²) in [7, 11) is 0. The molecule has 6 fully saturated rings. The van der Waals surface area contributed by atoms with Crippen molar-refractivity contribution in [1.82, 2.24) is 0 Å². The second-order valence-electron chi connectivity index (χ2n) is 17.8. The number of hydrogen-bond donors (Lipinski definition) is 11. The van der Waals surface area contributed by atoms with E-state index < -0.39 is 140 Å². The Bertz CT molecular complexity index is 1510. The first-order valence-electron chi connectivity index (χ1n) is 19.9. The zero-order chi connectivity index (χ0) is 41.4. The fourth-order valence-electron chi connectivity index (χ4n) is 11.8. The molecule has 0 amide bonds. The van der Waals surface area contributed by atoms with Crippen molar-refractivity contribution in [2.24, 2.45) is 28.1 Å². The number of fused-ring (bicyclic) bond motifs is 3. The molecule has 11 N–H and O–H groups in total. The Balaban J connectivity index is 1.12. The number of aliphatic hydroxyl groups is 11. The molecule has 19 nitrogen and oxygen atoms in total. The topological polar surface area (TPSA) is 312 Å². The van der Waals surface area contributed by atoms with Gasteiger partial charge in [-0.3, -0.25) is 9.59 Å². The first-order chi connectivity index (χ1) is 26.9. The number of ether oxygens (including phenoxy) is 6. The summed E-state index contributed by atoms with van der Waals surface area (Å²) in [5, 5.41) is 114. The highest BCUT2D eigenvalue weighted by Gasteiger charge is 2.68. The van der Waals surface area contributed by atoms with Gasteiger partial charge in [0.25, 0.3) is 0 Å². The van der Waals surface area contributed by atoms with Crippen LogP contribution in [0.2, 0.25) is 0 Å². The van der Waals surface area contributed by atoms with Gasteiger partial charge in [-0.15, -0.1) is 0 Å². The average molecular weight is 819 g/mol. The molecule has 3 saturated carbocycles. The molecule has 0 unspecified atom stereocenters. The van der Waals surface area contributed by atoms with Crippen LogP contribution in [0.1, 0.15) is 65.2 Å². The molecule has 3 saturated heterocycles. The number of carbonyl (C=O) groups excluding carboxylic acids is 2. The summed E-state index contributed by atoms with van der Waals surface area (Å²) < 4.78 is 35.3. The van der Waals surface area contributed by atoms with Crippen LogP contribution in [0.3, 0.4) is 0 Å². The number of aldehydes is 1. The normalized spacial score (nSPS) is 53.6. The summed E-state index contributed by atoms with van der Waals surface area (Å²) >= 11 is 0. The molecule has 324 valence electrons. The van der Waals surface area contributed by atoms with Crippen molar-refractivity contribution in [2.75, 3.05) is 19.8 Å². The summed E-state index contributed by atoms with van der Waals surface area (Å²) in [6.45, 7) is 1.82. The Morgan fingerprint density at radius 3 is 1.84 bits per heavy atom. The lowest BCUT2D eigenvalue weighted by Gasteiger charge is -2.64. The molecule has 0 radical (unpaired) electrons. The van der Waals surface area contributed by atoms with Gasteiger partial charge in [0.15, 0.2) is 12.6 Å². The first kappa shape index (κ1) is 43.3. The minimum atomic E-state index is -1.86. The maximum absolute atomic E-state index is 14.1. The van der Waals surface area contributed by atoms with Crippen molar-refractivity contribution in [2.45, 2.75) is 163 Å². The van der Waals surface area contributed by atoms with Crippen LogP contribution in [-0.4, -0.2) is 186 Å². The molecule has 1 spiro atoms. The van der Waals surface area contributed by atoms with E-state index in [1.807, 2.05) is 13.0 Å². The fraction of sp³-hybridized carbons (Fsp3) is 0.895. The molecule has 3 aliphatic heterocycles. The van der Waals surface area contributed by atoms with E-state index >= 15 is 0 Å². The third kappa shape index (κ3) is 6.92. The number of esters is 1. The number of hydrogen-bond acceptors (Lipinski definition) is 19. The standard InChI is InChI=1S/C38H58O19/c1-35-6-3-7-36(2,34(51)56-32-29(50)26(47)23(44)18(13-41)53-32)20(35)4-8-37-10-16(11-39)38(15-37,9-5-21(35)37)57-33-30(27(48)24(45)19(14-42)54-33)55-31-28(49)25(46)22(43)17(12-40)52-31/h10-11,17-33,40-50H,3-9,12-15H2,1-2H3/t17-,18-,19-,20+,21+,22-,23-,24-,25+,26+,27+,28-,29-,30-,31+,32+,33+,35-,36-,37-,38+/m1/s1. The smallest absolute Gasteiger partial charge is 0.314 e. The van der Waals surface area contributed by atoms with Crippen LogP contribution >= 0.6 is 0 Å². The zero-order valence-corrected chi connectivity index (χ0v) is 31.9. The molecular weight excluding hydrogens is 760 g/mol. The maximum atomic E-state index is 14.1. The minimum absolute atomic E-state index is 0.0522. The highest BCUT2D eigenvalue weighted by Crippen LogP contribution is 2.72. The second kappa shape index (κ2) is 15.9. The van der Waals surface area contributed by atoms with Crippen molar-refractivity contribution >= 4 is 12.3 Å². The van der Waals surface area contributed by atoms with Gasteiger partial charge in [0.05, 0.1) is 25.2 Å². The number of rotatable bonds is 10. The lowest BCUT2D eigenvalue weighted by Crippen LogP contribution is -2.66. The molecule has 21 atom stereocenters. The summed E-state index contributed by atoms with van der Waals surface area (Å²) in [5.41, 5.74) is -3.06. The van der Waals surface area contributed by atoms with E-state index in [2.05, 4.69) is 6.92 Å². The Labute approximate surface area is 328 Å². The van der Waals surface area contributed by atoms with Crippen LogP contribution in [-0.2, 0) is 38.0 Å². The Morgan fingerprint density at radius 2 is 1.25 bits per heavy atom. The first-order valence-corrected chi connectivity index (χ1v) is 19.9. The van der Waals surface area contributed by atoms with Crippen molar-refractivity contribution in [3.63, 3.8) is 0 Å². The van der Waals surface area contributed by atoms with Gasteiger partial charge in [-0.05, 0) is 74.5 Å². The van der Waals surface area contributed by atoms with E-state index in [9.17, 15) is 65.8 Å². The van der Waals surface area contributed by atoms with Crippen molar-refractivity contribution < 1.29 is 94.2 Å². The third-order valence-corrected chi connectivity index (χ3v) is 14.8. The van der Waals surface area contributed by atoms with E-state index in [0.29, 0.717) is 50.4 Å². The van der Waals surface area contributed by atoms with Crippen LogP contribution < -0.4 is 0 Å². The van der Waals surface area contributed by atoms with Crippen LogP contribution in [0.25, 0.3) is 0 Å². The van der Waals surface area contributed by atoms with Gasteiger partial charge < -0.3 is 84.6 Å². The number of aliphatic hydroxyl groups excluding tert-OH is 11. The average Bonchev–Trinajstić information content (AvgIpc) is 3.42. The minimum Gasteiger partial charge on any atom is -0.432 e. The van der Waals surface area contributed by atoms with Crippen LogP contribution in [0, 0.1) is 28.1 Å². The van der Waals surface area contributed by atoms with Crippen molar-refractivity contribution in [3.05, 3.63) is 11.6 Å². The molecule has 57 heavy (non-hydrogen) atoms. The van der Waals surface area contributed by atoms with E-state index in [1.54, 1.807) is 0 Å². The Hall–Kier alpha value is -1.76. The van der Waals surface area contributed by atoms with E-state index in [4.69, 9.17) is 28.4 Å². The van der Waals surface area contributed by atoms with Crippen molar-refractivity contribution in [1.29, 1.82) is 0 Å². The van der Waals surface area contributed by atoms with Gasteiger partial charge in [0.1, 0.15) is 85.1 Å². The molecule has 7 rings (SSSR count). The zero-order valence-electron chi connectivity index (χ0n) is 31.9. The SMILES string of the molecule is C[C@@]12CCC[C@@](C)(C(=O)O[C@@H]3O[C@H](CO)[C@@H](O)[C@H](O)[C@H]3O)[C@H]1CC[C@]13C=C(C=O)[C@](O[C@@H]4O[C@H](CO)[C@@H](O)[C@H](O)[C@H]4O[C@@H]4O[C@H](CO)[C@@H](O)[C@H](O)[C@H]4O)(CC[C@H]12)C3. The second-order valence-corrected chi connectivity index (χ2v) is 17.8. The summed E-state index contributed by atoms with van der Waals surface area (Å²) in [6.07, 6.45) is -17.7. The lowest BCUT2D eigenvalue weighted by molar-refractivity contribution is -0.378. The number of carbonyl (C=O) groups is 2. The van der Waals surface area contributed by atoms with Crippen molar-refractivity contribution in [3.8, 4) is 0 Å². The lowest BCUT2D eigenvalue weighted by atomic mass is 9.40. The summed E-state index contributed by atoms with van der Waals surface area (Å²) in [4.78, 5) is 27.0. The molecule has 3 heterocycles. The fourth-order valence-corrected chi connectivity index (χ4v) is 11.8. The summed E-state index contributed by atoms with van der Waals surface area (Å²) in [6, 6.07) is 0. The molecule has 0 aromatic carbocycles. The molecule has 4 aliphatic carbocycles. The third-order valence-electron chi connectivity index (χ3n) is 14.8.